The molecule has 15 heteroatoms. The van der Waals surface area contributed by atoms with Crippen molar-refractivity contribution in [2.45, 2.75) is 90.4 Å². The molecule has 3 saturated heterocycles. The summed E-state index contributed by atoms with van der Waals surface area (Å²) in [7, 11) is 0. The maximum absolute atomic E-state index is 13.5. The van der Waals surface area contributed by atoms with Gasteiger partial charge in [-0.3, -0.25) is 38.9 Å². The van der Waals surface area contributed by atoms with E-state index in [1.54, 1.807) is 36.4 Å². The number of carbonyl (C=O) groups is 5. The van der Waals surface area contributed by atoms with Gasteiger partial charge in [0.05, 0.1) is 27.8 Å². The zero-order chi connectivity index (χ0) is 41.1. The van der Waals surface area contributed by atoms with Crippen LogP contribution in [0, 0.1) is 28.1 Å². The number of imide groups is 2. The molecule has 8 rings (SSSR count). The molecule has 304 valence electrons. The Hall–Kier alpha value is -5.26. The summed E-state index contributed by atoms with van der Waals surface area (Å²) < 4.78 is 8.32. The highest BCUT2D eigenvalue weighted by molar-refractivity contribution is 6.31. The third kappa shape index (κ3) is 7.12. The molecule has 1 atom stereocenters. The number of rotatable bonds is 9. The number of hydrogen-bond acceptors (Lipinski definition) is 10. The number of aromatic nitrogens is 2. The first-order chi connectivity index (χ1) is 27.6. The van der Waals surface area contributed by atoms with Gasteiger partial charge in [0, 0.05) is 74.0 Å². The fraction of sp³-hybridized carbons (Fsp3) is 0.512. The van der Waals surface area contributed by atoms with E-state index in [4.69, 9.17) is 21.4 Å². The van der Waals surface area contributed by atoms with Crippen LogP contribution in [0.1, 0.15) is 109 Å². The number of nitriles is 1. The molecule has 0 radical (unpaired) electrons. The lowest BCUT2D eigenvalue weighted by Crippen LogP contribution is -2.74. The number of nitrogens with one attached hydrogen (secondary N) is 2. The normalized spacial score (nSPS) is 24.9. The van der Waals surface area contributed by atoms with Crippen LogP contribution in [0.15, 0.2) is 48.7 Å². The molecule has 1 saturated carbocycles. The number of anilines is 1. The number of hydrogen-bond donors (Lipinski definition) is 2. The van der Waals surface area contributed by atoms with E-state index < -0.39 is 29.7 Å². The molecule has 1 unspecified atom stereocenters. The van der Waals surface area contributed by atoms with Crippen LogP contribution in [0.4, 0.5) is 5.69 Å². The van der Waals surface area contributed by atoms with Crippen LogP contribution in [0.5, 0.6) is 5.75 Å². The van der Waals surface area contributed by atoms with Gasteiger partial charge in [-0.05, 0) is 74.4 Å². The van der Waals surface area contributed by atoms with Crippen molar-refractivity contribution in [2.24, 2.45) is 16.7 Å². The number of carbonyl (C=O) groups excluding carboxylic acids is 5. The number of piperidine rings is 3. The van der Waals surface area contributed by atoms with Crippen molar-refractivity contribution in [1.29, 1.82) is 5.26 Å². The third-order valence-corrected chi connectivity index (χ3v) is 13.4. The van der Waals surface area contributed by atoms with Gasteiger partial charge in [-0.15, -0.1) is 0 Å². The Labute approximate surface area is 342 Å². The van der Waals surface area contributed by atoms with Crippen molar-refractivity contribution in [1.82, 2.24) is 30.2 Å². The molecule has 4 fully saturated rings. The quantitative estimate of drug-likeness (QED) is 0.282. The van der Waals surface area contributed by atoms with Crippen molar-refractivity contribution in [3.63, 3.8) is 0 Å². The molecule has 14 nitrogen and oxygen atoms in total. The summed E-state index contributed by atoms with van der Waals surface area (Å²) in [6.07, 6.45) is 5.85. The highest BCUT2D eigenvalue weighted by Crippen LogP contribution is 2.55. The molecule has 5 aliphatic rings. The van der Waals surface area contributed by atoms with Crippen LogP contribution in [-0.2, 0) is 9.59 Å². The average Bonchev–Trinajstić information content (AvgIpc) is 3.79. The fourth-order valence-electron chi connectivity index (χ4n) is 10.2. The number of fused-ring (bicyclic) bond motifs is 1. The van der Waals surface area contributed by atoms with Gasteiger partial charge in [0.15, 0.2) is 0 Å². The maximum atomic E-state index is 13.5. The van der Waals surface area contributed by atoms with Gasteiger partial charge in [-0.1, -0.05) is 39.3 Å². The molecule has 1 aromatic heterocycles. The molecule has 4 aliphatic heterocycles. The molecule has 1 aliphatic carbocycles. The number of benzene rings is 2. The Kier molecular flexibility index (Phi) is 10.3. The van der Waals surface area contributed by atoms with Crippen molar-refractivity contribution in [3.8, 4) is 11.8 Å². The molecular weight excluding hydrogens is 760 g/mol. The highest BCUT2D eigenvalue weighted by Gasteiger charge is 2.64. The van der Waals surface area contributed by atoms with Crippen LogP contribution >= 0.6 is 11.6 Å². The molecule has 58 heavy (non-hydrogen) atoms. The molecule has 0 spiro atoms. The lowest BCUT2D eigenvalue weighted by molar-refractivity contribution is -0.164. The summed E-state index contributed by atoms with van der Waals surface area (Å²) in [5, 5.41) is 19.8. The van der Waals surface area contributed by atoms with Gasteiger partial charge in [-0.2, -0.15) is 10.4 Å². The Balaban J connectivity index is 0.795. The van der Waals surface area contributed by atoms with Crippen LogP contribution in [0.25, 0.3) is 0 Å². The Morgan fingerprint density at radius 2 is 1.64 bits per heavy atom. The van der Waals surface area contributed by atoms with E-state index in [0.29, 0.717) is 39.1 Å². The van der Waals surface area contributed by atoms with E-state index in [2.05, 4.69) is 54.2 Å². The van der Waals surface area contributed by atoms with Gasteiger partial charge in [0.25, 0.3) is 17.7 Å². The standard InChI is InChI=1S/C43H49ClN8O6/c1-42(2)40(43(3,4)41(42)58-29-7-5-26(23-45)32(44)22-29)47-36(54)33-15-20-51(48-33)27-13-16-49(17-14-27)24-25-11-18-50(19-12-25)28-6-8-30-31(21-28)39(57)52(38(30)56)34-9-10-35(53)46-37(34)55/h5-8,15,20-22,25,27,34,40-41H,9-14,16-19,24H2,1-4H3,(H,47,54)(H,46,53,55). The van der Waals surface area contributed by atoms with Crippen molar-refractivity contribution >= 4 is 46.8 Å². The van der Waals surface area contributed by atoms with Gasteiger partial charge in [0.1, 0.15) is 29.7 Å². The van der Waals surface area contributed by atoms with Crippen molar-refractivity contribution < 1.29 is 28.7 Å². The maximum Gasteiger partial charge on any atom is 0.272 e. The Morgan fingerprint density at radius 3 is 2.31 bits per heavy atom. The van der Waals surface area contributed by atoms with E-state index in [9.17, 15) is 29.2 Å². The van der Waals surface area contributed by atoms with E-state index in [1.807, 2.05) is 16.9 Å². The Morgan fingerprint density at radius 1 is 0.931 bits per heavy atom. The van der Waals surface area contributed by atoms with E-state index in [1.165, 1.54) is 0 Å². The van der Waals surface area contributed by atoms with Crippen LogP contribution in [0.3, 0.4) is 0 Å². The molecule has 0 bridgehead atoms. The Bertz CT molecular complexity index is 2200. The largest absolute Gasteiger partial charge is 0.489 e. The fourth-order valence-corrected chi connectivity index (χ4v) is 10.4. The number of nitrogens with zero attached hydrogens (tertiary/aromatic N) is 6. The minimum Gasteiger partial charge on any atom is -0.489 e. The topological polar surface area (TPSA) is 170 Å². The van der Waals surface area contributed by atoms with Crippen LogP contribution in [-0.4, -0.2) is 100 Å². The first-order valence-corrected chi connectivity index (χ1v) is 20.6. The van der Waals surface area contributed by atoms with Gasteiger partial charge < -0.3 is 19.9 Å². The predicted octanol–water partition coefficient (Wildman–Crippen LogP) is 4.97. The lowest BCUT2D eigenvalue weighted by Gasteiger charge is -2.63. The second-order valence-electron chi connectivity index (χ2n) is 17.6. The summed E-state index contributed by atoms with van der Waals surface area (Å²) in [5.74, 6) is -1.06. The second-order valence-corrected chi connectivity index (χ2v) is 18.0. The molecule has 2 aromatic carbocycles. The van der Waals surface area contributed by atoms with E-state index in [0.717, 1.165) is 69.0 Å². The SMILES string of the molecule is CC1(C)C(NC(=O)c2ccn(C3CCN(CC4CCN(c5ccc6c(c5)C(=O)N(C5CCC(=O)NC5=O)C6=O)CC4)CC3)n2)C(C)(C)C1Oc1ccc(C#N)c(Cl)c1. The summed E-state index contributed by atoms with van der Waals surface area (Å²) in [5.41, 5.74) is 1.53. The molecule has 5 heterocycles. The van der Waals surface area contributed by atoms with Gasteiger partial charge in [0.2, 0.25) is 11.8 Å². The number of amides is 5. The zero-order valence-electron chi connectivity index (χ0n) is 33.3. The summed E-state index contributed by atoms with van der Waals surface area (Å²) in [6, 6.07) is 13.3. The molecular formula is C43H49ClN8O6. The second kappa shape index (κ2) is 15.2. The number of halogens is 1. The minimum atomic E-state index is -0.976. The van der Waals surface area contributed by atoms with E-state index in [-0.39, 0.29) is 47.8 Å². The van der Waals surface area contributed by atoms with Crippen LogP contribution in [0.2, 0.25) is 5.02 Å². The summed E-state index contributed by atoms with van der Waals surface area (Å²) in [4.78, 5) is 69.8. The average molecular weight is 809 g/mol. The van der Waals surface area contributed by atoms with Crippen molar-refractivity contribution in [2.75, 3.05) is 37.6 Å². The smallest absolute Gasteiger partial charge is 0.272 e. The predicted molar refractivity (Wildman–Crippen MR) is 214 cm³/mol. The molecule has 2 N–H and O–H groups in total. The third-order valence-electron chi connectivity index (χ3n) is 13.1. The monoisotopic (exact) mass is 808 g/mol. The van der Waals surface area contributed by atoms with E-state index >= 15 is 0 Å². The van der Waals surface area contributed by atoms with Crippen LogP contribution < -0.4 is 20.3 Å². The number of ether oxygens (including phenoxy) is 1. The number of likely N-dealkylation sites (tertiary alicyclic amines) is 1. The highest BCUT2D eigenvalue weighted by atomic mass is 35.5. The summed E-state index contributed by atoms with van der Waals surface area (Å²) in [6.45, 7) is 12.9. The first-order valence-electron chi connectivity index (χ1n) is 20.2. The van der Waals surface area contributed by atoms with Gasteiger partial charge in [-0.25, -0.2) is 0 Å². The summed E-state index contributed by atoms with van der Waals surface area (Å²) >= 11 is 6.25. The van der Waals surface area contributed by atoms with Gasteiger partial charge >= 0.3 is 0 Å². The minimum absolute atomic E-state index is 0.0889. The first kappa shape index (κ1) is 39.6. The zero-order valence-corrected chi connectivity index (χ0v) is 34.1. The molecule has 5 amide bonds. The lowest BCUT2D eigenvalue weighted by atomic mass is 9.49. The molecule has 3 aromatic rings. The van der Waals surface area contributed by atoms with Crippen molar-refractivity contribution in [3.05, 3.63) is 76.1 Å².